The number of carbonyl (C=O) groups is 1. The Bertz CT molecular complexity index is 508. The first-order valence-electron chi connectivity index (χ1n) is 7.17. The van der Waals surface area contributed by atoms with Crippen LogP contribution in [0.25, 0.3) is 0 Å². The second-order valence-electron chi connectivity index (χ2n) is 5.77. The smallest absolute Gasteiger partial charge is 0.242 e. The fourth-order valence-corrected chi connectivity index (χ4v) is 3.11. The number of piperazine rings is 1. The van der Waals surface area contributed by atoms with E-state index in [1.165, 1.54) is 0 Å². The van der Waals surface area contributed by atoms with Crippen LogP contribution < -0.4 is 10.6 Å². The number of hydrogen-bond donors (Lipinski definition) is 1. The highest BCUT2D eigenvalue weighted by atomic mass is 35.5. The average molecular weight is 294 g/mol. The minimum absolute atomic E-state index is 0.134. The summed E-state index contributed by atoms with van der Waals surface area (Å²) in [5, 5.41) is 0.747. The number of amides is 1. The van der Waals surface area contributed by atoms with Crippen LogP contribution in [0.2, 0.25) is 5.02 Å². The first-order valence-corrected chi connectivity index (χ1v) is 7.55. The second kappa shape index (κ2) is 5.26. The maximum Gasteiger partial charge on any atom is 0.242 e. The molecule has 0 bridgehead atoms. The summed E-state index contributed by atoms with van der Waals surface area (Å²) in [6, 6.07) is 7.85. The predicted molar refractivity (Wildman–Crippen MR) is 81.0 cm³/mol. The van der Waals surface area contributed by atoms with E-state index in [2.05, 4.69) is 11.0 Å². The monoisotopic (exact) mass is 293 g/mol. The third-order valence-corrected chi connectivity index (χ3v) is 4.65. The molecule has 1 aromatic rings. The number of benzene rings is 1. The number of nitrogens with two attached hydrogens (primary N) is 1. The van der Waals surface area contributed by atoms with E-state index in [9.17, 15) is 4.79 Å². The van der Waals surface area contributed by atoms with Crippen LogP contribution in [0.1, 0.15) is 19.3 Å². The van der Waals surface area contributed by atoms with Crippen LogP contribution in [0.5, 0.6) is 0 Å². The Kier molecular flexibility index (Phi) is 3.61. The van der Waals surface area contributed by atoms with Gasteiger partial charge in [-0.3, -0.25) is 4.79 Å². The maximum absolute atomic E-state index is 12.4. The lowest BCUT2D eigenvalue weighted by molar-refractivity contribution is -0.140. The van der Waals surface area contributed by atoms with Crippen molar-refractivity contribution < 1.29 is 4.79 Å². The van der Waals surface area contributed by atoms with E-state index in [0.29, 0.717) is 0 Å². The Balaban J connectivity index is 1.61. The van der Waals surface area contributed by atoms with Crippen LogP contribution in [-0.4, -0.2) is 42.5 Å². The topological polar surface area (TPSA) is 49.6 Å². The number of rotatable bonds is 2. The first-order chi connectivity index (χ1) is 9.58. The Morgan fingerprint density at radius 2 is 1.90 bits per heavy atom. The summed E-state index contributed by atoms with van der Waals surface area (Å²) in [6.07, 6.45) is 2.74. The molecule has 0 spiro atoms. The van der Waals surface area contributed by atoms with Crippen molar-refractivity contribution in [3.63, 3.8) is 0 Å². The summed E-state index contributed by atoms with van der Waals surface area (Å²) >= 11 is 6.02. The predicted octanol–water partition coefficient (Wildman–Crippen LogP) is 1.87. The first kappa shape index (κ1) is 13.7. The average Bonchev–Trinajstić information content (AvgIpc) is 2.44. The van der Waals surface area contributed by atoms with Crippen molar-refractivity contribution in [1.29, 1.82) is 0 Å². The van der Waals surface area contributed by atoms with Crippen molar-refractivity contribution in [3.8, 4) is 0 Å². The van der Waals surface area contributed by atoms with E-state index in [1.807, 2.05) is 23.1 Å². The van der Waals surface area contributed by atoms with Crippen molar-refractivity contribution >= 4 is 23.2 Å². The minimum atomic E-state index is -0.571. The molecule has 1 aliphatic carbocycles. The van der Waals surface area contributed by atoms with E-state index in [1.54, 1.807) is 0 Å². The van der Waals surface area contributed by atoms with Crippen molar-refractivity contribution in [2.75, 3.05) is 31.1 Å². The highest BCUT2D eigenvalue weighted by molar-refractivity contribution is 6.30. The molecule has 0 atom stereocenters. The van der Waals surface area contributed by atoms with Gasteiger partial charge in [0, 0.05) is 36.9 Å². The number of halogens is 1. The SMILES string of the molecule is NC1(C(=O)N2CCN(c3cccc(Cl)c3)CC2)CCC1. The highest BCUT2D eigenvalue weighted by Crippen LogP contribution is 2.31. The fourth-order valence-electron chi connectivity index (χ4n) is 2.93. The molecule has 0 aromatic heterocycles. The summed E-state index contributed by atoms with van der Waals surface area (Å²) in [4.78, 5) is 16.5. The van der Waals surface area contributed by atoms with Crippen LogP contribution in [0, 0.1) is 0 Å². The van der Waals surface area contributed by atoms with Gasteiger partial charge in [-0.05, 0) is 37.5 Å². The van der Waals surface area contributed by atoms with E-state index in [0.717, 1.165) is 56.2 Å². The van der Waals surface area contributed by atoms with Crippen molar-refractivity contribution in [2.45, 2.75) is 24.8 Å². The number of anilines is 1. The molecule has 1 heterocycles. The fraction of sp³-hybridized carbons (Fsp3) is 0.533. The second-order valence-corrected chi connectivity index (χ2v) is 6.21. The number of nitrogens with zero attached hydrogens (tertiary/aromatic N) is 2. The molecule has 1 aliphatic heterocycles. The molecule has 5 heteroatoms. The van der Waals surface area contributed by atoms with Crippen LogP contribution >= 0.6 is 11.6 Å². The van der Waals surface area contributed by atoms with E-state index in [4.69, 9.17) is 17.3 Å². The molecule has 1 saturated heterocycles. The van der Waals surface area contributed by atoms with Gasteiger partial charge in [-0.25, -0.2) is 0 Å². The van der Waals surface area contributed by atoms with E-state index in [-0.39, 0.29) is 5.91 Å². The van der Waals surface area contributed by atoms with Gasteiger partial charge in [-0.1, -0.05) is 17.7 Å². The Morgan fingerprint density at radius 1 is 1.20 bits per heavy atom. The van der Waals surface area contributed by atoms with Crippen molar-refractivity contribution in [3.05, 3.63) is 29.3 Å². The molecule has 1 aromatic carbocycles. The van der Waals surface area contributed by atoms with Crippen LogP contribution in [-0.2, 0) is 4.79 Å². The van der Waals surface area contributed by atoms with E-state index < -0.39 is 5.54 Å². The van der Waals surface area contributed by atoms with Gasteiger partial charge < -0.3 is 15.5 Å². The molecule has 2 aliphatic rings. The van der Waals surface area contributed by atoms with E-state index >= 15 is 0 Å². The largest absolute Gasteiger partial charge is 0.368 e. The van der Waals surface area contributed by atoms with Gasteiger partial charge in [0.15, 0.2) is 0 Å². The molecule has 2 fully saturated rings. The molecule has 0 radical (unpaired) electrons. The zero-order chi connectivity index (χ0) is 14.2. The lowest BCUT2D eigenvalue weighted by Gasteiger charge is -2.43. The maximum atomic E-state index is 12.4. The summed E-state index contributed by atoms with van der Waals surface area (Å²) < 4.78 is 0. The van der Waals surface area contributed by atoms with Crippen molar-refractivity contribution in [1.82, 2.24) is 4.90 Å². The molecule has 3 rings (SSSR count). The lowest BCUT2D eigenvalue weighted by Crippen LogP contribution is -2.62. The Morgan fingerprint density at radius 3 is 2.45 bits per heavy atom. The van der Waals surface area contributed by atoms with Crippen LogP contribution in [0.15, 0.2) is 24.3 Å². The zero-order valence-electron chi connectivity index (χ0n) is 11.5. The summed E-state index contributed by atoms with van der Waals surface area (Å²) in [5.74, 6) is 0.134. The summed E-state index contributed by atoms with van der Waals surface area (Å²) in [5.41, 5.74) is 6.67. The molecule has 20 heavy (non-hydrogen) atoms. The molecule has 0 unspecified atom stereocenters. The van der Waals surface area contributed by atoms with Crippen LogP contribution in [0.3, 0.4) is 0 Å². The molecule has 2 N–H and O–H groups in total. The summed E-state index contributed by atoms with van der Waals surface area (Å²) in [6.45, 7) is 3.15. The number of carbonyl (C=O) groups excluding carboxylic acids is 1. The molecule has 1 amide bonds. The third kappa shape index (κ3) is 2.50. The highest BCUT2D eigenvalue weighted by Gasteiger charge is 2.43. The zero-order valence-corrected chi connectivity index (χ0v) is 12.3. The Hall–Kier alpha value is -1.26. The quantitative estimate of drug-likeness (QED) is 0.906. The molecule has 1 saturated carbocycles. The van der Waals surface area contributed by atoms with Gasteiger partial charge in [0.2, 0.25) is 5.91 Å². The third-order valence-electron chi connectivity index (χ3n) is 4.41. The molecular formula is C15H20ClN3O. The van der Waals surface area contributed by atoms with Gasteiger partial charge in [0.05, 0.1) is 5.54 Å². The summed E-state index contributed by atoms with van der Waals surface area (Å²) in [7, 11) is 0. The van der Waals surface area contributed by atoms with Gasteiger partial charge in [0.1, 0.15) is 0 Å². The lowest BCUT2D eigenvalue weighted by atomic mass is 9.76. The molecular weight excluding hydrogens is 274 g/mol. The van der Waals surface area contributed by atoms with Gasteiger partial charge >= 0.3 is 0 Å². The number of hydrogen-bond acceptors (Lipinski definition) is 3. The minimum Gasteiger partial charge on any atom is -0.368 e. The standard InChI is InChI=1S/C15H20ClN3O/c16-12-3-1-4-13(11-12)18-7-9-19(10-8-18)14(20)15(17)5-2-6-15/h1,3-4,11H,2,5-10,17H2. The van der Waals surface area contributed by atoms with Gasteiger partial charge in [-0.2, -0.15) is 0 Å². The van der Waals surface area contributed by atoms with Crippen molar-refractivity contribution in [2.24, 2.45) is 5.73 Å². The van der Waals surface area contributed by atoms with Gasteiger partial charge in [-0.15, -0.1) is 0 Å². The Labute approximate surface area is 124 Å². The molecule has 4 nitrogen and oxygen atoms in total. The van der Waals surface area contributed by atoms with Crippen LogP contribution in [0.4, 0.5) is 5.69 Å². The van der Waals surface area contributed by atoms with Gasteiger partial charge in [0.25, 0.3) is 0 Å². The normalized spacial score (nSPS) is 21.5. The molecule has 108 valence electrons.